The van der Waals surface area contributed by atoms with Crippen LogP contribution in [0.15, 0.2) is 0 Å². The summed E-state index contributed by atoms with van der Waals surface area (Å²) >= 11 is 1.85. The smallest absolute Gasteiger partial charge is 0.185 e. The fraction of sp³-hybridized carbons (Fsp3) is 0.800. The van der Waals surface area contributed by atoms with Crippen molar-refractivity contribution in [1.29, 1.82) is 0 Å². The van der Waals surface area contributed by atoms with Crippen LogP contribution in [0.4, 0.5) is 5.13 Å². The van der Waals surface area contributed by atoms with Crippen molar-refractivity contribution in [2.75, 3.05) is 44.7 Å². The van der Waals surface area contributed by atoms with Gasteiger partial charge >= 0.3 is 0 Å². The topological polar surface area (TPSA) is 31.4 Å². The maximum atomic E-state index is 4.78. The number of aromatic nitrogens is 1. The number of nitrogens with zero attached hydrogens (tertiary/aromatic N) is 3. The van der Waals surface area contributed by atoms with Crippen molar-refractivity contribution in [2.24, 2.45) is 5.92 Å². The highest BCUT2D eigenvalue weighted by atomic mass is 32.1. The van der Waals surface area contributed by atoms with Crippen molar-refractivity contribution < 1.29 is 0 Å². The number of piperazine rings is 1. The van der Waals surface area contributed by atoms with E-state index >= 15 is 0 Å². The molecule has 0 saturated carbocycles. The van der Waals surface area contributed by atoms with Crippen molar-refractivity contribution >= 4 is 16.5 Å². The Balaban J connectivity index is 1.97. The quantitative estimate of drug-likeness (QED) is 0.905. The molecular formula is C15H28N4S. The lowest BCUT2D eigenvalue weighted by molar-refractivity contribution is 0.231. The van der Waals surface area contributed by atoms with Crippen molar-refractivity contribution in [2.45, 2.75) is 33.7 Å². The van der Waals surface area contributed by atoms with E-state index in [2.05, 4.69) is 42.8 Å². The number of nitrogens with one attached hydrogen (secondary N) is 1. The predicted molar refractivity (Wildman–Crippen MR) is 87.8 cm³/mol. The summed E-state index contributed by atoms with van der Waals surface area (Å²) in [6.07, 6.45) is 0. The van der Waals surface area contributed by atoms with Crippen molar-refractivity contribution in [3.05, 3.63) is 10.6 Å². The lowest BCUT2D eigenvalue weighted by atomic mass is 10.2. The number of hydrogen-bond acceptors (Lipinski definition) is 5. The minimum absolute atomic E-state index is 0.392. The molecule has 0 spiro atoms. The van der Waals surface area contributed by atoms with Crippen LogP contribution in [0.3, 0.4) is 0 Å². The zero-order valence-electron chi connectivity index (χ0n) is 13.4. The molecule has 1 fully saturated rings. The predicted octanol–water partition coefficient (Wildman–Crippen LogP) is 2.51. The number of hydrogen-bond donors (Lipinski definition) is 1. The number of anilines is 1. The zero-order valence-corrected chi connectivity index (χ0v) is 14.3. The molecule has 2 heterocycles. The summed E-state index contributed by atoms with van der Waals surface area (Å²) in [5, 5.41) is 4.51. The van der Waals surface area contributed by atoms with Gasteiger partial charge < -0.3 is 10.2 Å². The second kappa shape index (κ2) is 6.87. The fourth-order valence-electron chi connectivity index (χ4n) is 2.70. The average Bonchev–Trinajstić information content (AvgIpc) is 2.80. The van der Waals surface area contributed by atoms with Gasteiger partial charge in [-0.3, -0.25) is 4.90 Å². The third-order valence-corrected chi connectivity index (χ3v) is 5.31. The van der Waals surface area contributed by atoms with Gasteiger partial charge in [0.2, 0.25) is 0 Å². The number of aryl methyl sites for hydroxylation is 1. The summed E-state index contributed by atoms with van der Waals surface area (Å²) in [6.45, 7) is 14.7. The van der Waals surface area contributed by atoms with E-state index in [9.17, 15) is 0 Å². The number of thiazole rings is 1. The molecule has 4 nitrogen and oxygen atoms in total. The molecule has 114 valence electrons. The Morgan fingerprint density at radius 3 is 2.40 bits per heavy atom. The lowest BCUT2D eigenvalue weighted by Crippen LogP contribution is -2.47. The van der Waals surface area contributed by atoms with Crippen LogP contribution in [0.1, 0.15) is 37.4 Å². The second-order valence-corrected chi connectivity index (χ2v) is 7.15. The van der Waals surface area contributed by atoms with Crippen molar-refractivity contribution in [3.8, 4) is 0 Å². The van der Waals surface area contributed by atoms with Gasteiger partial charge in [-0.2, -0.15) is 0 Å². The first-order valence-electron chi connectivity index (χ1n) is 7.63. The van der Waals surface area contributed by atoms with Crippen LogP contribution >= 0.6 is 11.3 Å². The van der Waals surface area contributed by atoms with E-state index in [1.54, 1.807) is 0 Å². The molecule has 5 heteroatoms. The lowest BCUT2D eigenvalue weighted by Gasteiger charge is -2.35. The van der Waals surface area contributed by atoms with E-state index in [-0.39, 0.29) is 0 Å². The summed E-state index contributed by atoms with van der Waals surface area (Å²) in [7, 11) is 2.01. The molecule has 1 saturated heterocycles. The minimum Gasteiger partial charge on any atom is -0.346 e. The van der Waals surface area contributed by atoms with Gasteiger partial charge in [0, 0.05) is 43.6 Å². The molecule has 0 aromatic carbocycles. The maximum absolute atomic E-state index is 4.78. The van der Waals surface area contributed by atoms with Gasteiger partial charge in [0.05, 0.1) is 5.69 Å². The minimum atomic E-state index is 0.392. The highest BCUT2D eigenvalue weighted by Crippen LogP contribution is 2.31. The Morgan fingerprint density at radius 1 is 1.20 bits per heavy atom. The molecule has 0 aliphatic carbocycles. The molecule has 1 N–H and O–H groups in total. The molecule has 1 atom stereocenters. The van der Waals surface area contributed by atoms with Crippen LogP contribution in [0.25, 0.3) is 0 Å². The average molecular weight is 296 g/mol. The van der Waals surface area contributed by atoms with Crippen LogP contribution in [-0.4, -0.2) is 49.7 Å². The second-order valence-electron chi connectivity index (χ2n) is 6.14. The molecule has 2 rings (SSSR count). The fourth-order valence-corrected chi connectivity index (χ4v) is 3.88. The first-order valence-corrected chi connectivity index (χ1v) is 8.44. The molecule has 0 bridgehead atoms. The molecule has 1 aromatic rings. The largest absolute Gasteiger partial charge is 0.346 e. The van der Waals surface area contributed by atoms with E-state index in [4.69, 9.17) is 4.98 Å². The van der Waals surface area contributed by atoms with E-state index < -0.39 is 0 Å². The van der Waals surface area contributed by atoms with Gasteiger partial charge in [0.25, 0.3) is 0 Å². The van der Waals surface area contributed by atoms with Gasteiger partial charge in [-0.05, 0) is 26.8 Å². The summed E-state index contributed by atoms with van der Waals surface area (Å²) in [6, 6.07) is 0.392. The van der Waals surface area contributed by atoms with Crippen LogP contribution in [-0.2, 0) is 0 Å². The van der Waals surface area contributed by atoms with Gasteiger partial charge in [-0.25, -0.2) is 4.98 Å². The molecule has 1 unspecified atom stereocenters. The highest BCUT2D eigenvalue weighted by Gasteiger charge is 2.22. The van der Waals surface area contributed by atoms with Crippen molar-refractivity contribution in [3.63, 3.8) is 0 Å². The first-order chi connectivity index (χ1) is 9.51. The SMILES string of the molecule is CNC(C)c1sc(N2CCN(CC(C)C)CC2)nc1C. The maximum Gasteiger partial charge on any atom is 0.185 e. The van der Waals surface area contributed by atoms with Gasteiger partial charge in [-0.15, -0.1) is 11.3 Å². The van der Waals surface area contributed by atoms with Crippen LogP contribution in [0.2, 0.25) is 0 Å². The third-order valence-electron chi connectivity index (χ3n) is 3.91. The normalized spacial score (nSPS) is 18.8. The van der Waals surface area contributed by atoms with Crippen molar-refractivity contribution in [1.82, 2.24) is 15.2 Å². The number of rotatable bonds is 5. The summed E-state index contributed by atoms with van der Waals surface area (Å²) in [4.78, 5) is 11.2. The van der Waals surface area contributed by atoms with Crippen LogP contribution in [0.5, 0.6) is 0 Å². The zero-order chi connectivity index (χ0) is 14.7. The van der Waals surface area contributed by atoms with Gasteiger partial charge in [0.1, 0.15) is 0 Å². The molecular weight excluding hydrogens is 268 g/mol. The van der Waals surface area contributed by atoms with Gasteiger partial charge in [0.15, 0.2) is 5.13 Å². The summed E-state index contributed by atoms with van der Waals surface area (Å²) in [5.41, 5.74) is 1.18. The van der Waals surface area contributed by atoms with E-state index in [1.165, 1.54) is 22.2 Å². The highest BCUT2D eigenvalue weighted by molar-refractivity contribution is 7.15. The molecule has 1 aromatic heterocycles. The van der Waals surface area contributed by atoms with Crippen LogP contribution in [0, 0.1) is 12.8 Å². The summed E-state index contributed by atoms with van der Waals surface area (Å²) in [5.74, 6) is 0.756. The monoisotopic (exact) mass is 296 g/mol. The first kappa shape index (κ1) is 15.7. The van der Waals surface area contributed by atoms with E-state index in [1.807, 2.05) is 18.4 Å². The van der Waals surface area contributed by atoms with Crippen LogP contribution < -0.4 is 10.2 Å². The Kier molecular flexibility index (Phi) is 5.41. The molecule has 0 amide bonds. The van der Waals surface area contributed by atoms with Gasteiger partial charge in [-0.1, -0.05) is 13.8 Å². The van der Waals surface area contributed by atoms with E-state index in [0.29, 0.717) is 6.04 Å². The Morgan fingerprint density at radius 2 is 1.85 bits per heavy atom. The molecule has 0 radical (unpaired) electrons. The molecule has 1 aliphatic heterocycles. The summed E-state index contributed by atoms with van der Waals surface area (Å²) < 4.78 is 0. The van der Waals surface area contributed by atoms with E-state index in [0.717, 1.165) is 32.1 Å². The molecule has 1 aliphatic rings. The Bertz CT molecular complexity index is 422. The Hall–Kier alpha value is -0.650. The third kappa shape index (κ3) is 3.71. The standard InChI is InChI=1S/C15H28N4S/c1-11(2)10-18-6-8-19(9-7-18)15-17-13(4)14(20-15)12(3)16-5/h11-12,16H,6-10H2,1-5H3. The molecule has 20 heavy (non-hydrogen) atoms. The Labute approximate surface area is 127 Å².